The maximum Gasteiger partial charge on any atom is 0.264 e. The van der Waals surface area contributed by atoms with E-state index in [0.717, 1.165) is 17.0 Å². The van der Waals surface area contributed by atoms with Gasteiger partial charge in [-0.15, -0.1) is 11.3 Å². The largest absolute Gasteiger partial charge is 0.264 e. The lowest BCUT2D eigenvalue weighted by Gasteiger charge is -2.24. The van der Waals surface area contributed by atoms with Crippen molar-refractivity contribution >= 4 is 27.0 Å². The van der Waals surface area contributed by atoms with Gasteiger partial charge in [-0.3, -0.25) is 4.31 Å². The first-order chi connectivity index (χ1) is 12.4. The Kier molecular flexibility index (Phi) is 5.38. The Hall–Kier alpha value is -2.25. The molecule has 0 aliphatic carbocycles. The lowest BCUT2D eigenvalue weighted by Crippen LogP contribution is -2.30. The first-order valence-corrected chi connectivity index (χ1v) is 10.5. The number of hydrogen-bond acceptors (Lipinski definition) is 4. The molecule has 0 aliphatic heterocycles. The van der Waals surface area contributed by atoms with Crippen molar-refractivity contribution in [3.05, 3.63) is 76.0 Å². The van der Waals surface area contributed by atoms with Gasteiger partial charge in [0.2, 0.25) is 0 Å². The molecule has 1 heterocycles. The molecule has 136 valence electrons. The number of sulfonamides is 1. The molecule has 0 saturated carbocycles. The van der Waals surface area contributed by atoms with Crippen LogP contribution in [0.25, 0.3) is 0 Å². The number of nitrogens with zero attached hydrogens (tertiary/aromatic N) is 2. The van der Waals surface area contributed by atoms with E-state index in [0.29, 0.717) is 11.4 Å². The van der Waals surface area contributed by atoms with E-state index < -0.39 is 15.8 Å². The summed E-state index contributed by atoms with van der Waals surface area (Å²) in [6.07, 6.45) is 0.833. The van der Waals surface area contributed by atoms with Gasteiger partial charge >= 0.3 is 0 Å². The summed E-state index contributed by atoms with van der Waals surface area (Å²) < 4.78 is 41.0. The van der Waals surface area contributed by atoms with Crippen LogP contribution in [-0.4, -0.2) is 13.4 Å². The number of thiazole rings is 1. The fraction of sp³-hybridized carbons (Fsp3) is 0.211. The van der Waals surface area contributed by atoms with E-state index in [-0.39, 0.29) is 11.4 Å². The third-order valence-corrected chi connectivity index (χ3v) is 6.62. The molecule has 0 fully saturated rings. The zero-order chi connectivity index (χ0) is 18.7. The van der Waals surface area contributed by atoms with Crippen molar-refractivity contribution in [1.29, 1.82) is 0 Å². The van der Waals surface area contributed by atoms with Crippen LogP contribution >= 0.6 is 11.3 Å². The van der Waals surface area contributed by atoms with Crippen LogP contribution in [-0.2, 0) is 23.0 Å². The lowest BCUT2D eigenvalue weighted by atomic mass is 10.2. The number of aryl methyl sites for hydroxylation is 2. The quantitative estimate of drug-likeness (QED) is 0.620. The molecule has 0 N–H and O–H groups in total. The average Bonchev–Trinajstić information content (AvgIpc) is 3.05. The minimum absolute atomic E-state index is 0.0911. The second kappa shape index (κ2) is 7.55. The molecule has 0 bridgehead atoms. The Labute approximate surface area is 157 Å². The van der Waals surface area contributed by atoms with Gasteiger partial charge < -0.3 is 0 Å². The van der Waals surface area contributed by atoms with Crippen molar-refractivity contribution in [3.63, 3.8) is 0 Å². The van der Waals surface area contributed by atoms with Gasteiger partial charge in [0.05, 0.1) is 27.8 Å². The highest BCUT2D eigenvalue weighted by Gasteiger charge is 2.26. The predicted octanol–water partition coefficient (Wildman–Crippen LogP) is 4.55. The summed E-state index contributed by atoms with van der Waals surface area (Å²) in [7, 11) is -3.81. The average molecular weight is 391 g/mol. The molecule has 0 amide bonds. The Balaban J connectivity index is 2.03. The molecular formula is C19H19FN2O2S2. The summed E-state index contributed by atoms with van der Waals surface area (Å²) in [6.45, 7) is 3.97. The highest BCUT2D eigenvalue weighted by atomic mass is 32.2. The van der Waals surface area contributed by atoms with E-state index >= 15 is 0 Å². The van der Waals surface area contributed by atoms with Crippen LogP contribution in [0.15, 0.2) is 58.8 Å². The summed E-state index contributed by atoms with van der Waals surface area (Å²) in [5, 5.41) is 2.70. The van der Waals surface area contributed by atoms with E-state index in [1.807, 2.05) is 31.4 Å². The fourth-order valence-electron chi connectivity index (χ4n) is 2.57. The third-order valence-electron chi connectivity index (χ3n) is 4.01. The van der Waals surface area contributed by atoms with Crippen molar-refractivity contribution in [2.45, 2.75) is 31.7 Å². The van der Waals surface area contributed by atoms with Gasteiger partial charge in [-0.25, -0.2) is 17.8 Å². The Bertz CT molecular complexity index is 981. The topological polar surface area (TPSA) is 50.3 Å². The molecule has 2 aromatic carbocycles. The van der Waals surface area contributed by atoms with E-state index in [2.05, 4.69) is 4.98 Å². The molecule has 0 saturated heterocycles. The fourth-order valence-corrected chi connectivity index (χ4v) is 4.61. The van der Waals surface area contributed by atoms with Gasteiger partial charge in [-0.1, -0.05) is 19.1 Å². The Morgan fingerprint density at radius 1 is 1.08 bits per heavy atom. The zero-order valence-electron chi connectivity index (χ0n) is 14.5. The molecule has 4 nitrogen and oxygen atoms in total. The van der Waals surface area contributed by atoms with Crippen LogP contribution in [0.1, 0.15) is 23.2 Å². The van der Waals surface area contributed by atoms with Crippen molar-refractivity contribution < 1.29 is 12.8 Å². The Morgan fingerprint density at radius 3 is 2.27 bits per heavy atom. The summed E-state index contributed by atoms with van der Waals surface area (Å²) in [5.74, 6) is -0.414. The number of halogens is 1. The number of rotatable bonds is 6. The predicted molar refractivity (Wildman–Crippen MR) is 102 cm³/mol. The Morgan fingerprint density at radius 2 is 1.73 bits per heavy atom. The highest BCUT2D eigenvalue weighted by molar-refractivity contribution is 7.92. The minimum atomic E-state index is -3.81. The van der Waals surface area contributed by atoms with Crippen molar-refractivity contribution in [3.8, 4) is 0 Å². The molecule has 1 aromatic heterocycles. The number of benzene rings is 2. The van der Waals surface area contributed by atoms with Crippen molar-refractivity contribution in [2.75, 3.05) is 4.31 Å². The second-order valence-corrected chi connectivity index (χ2v) is 8.77. The lowest BCUT2D eigenvalue weighted by molar-refractivity contribution is 0.589. The number of anilines is 1. The molecule has 0 atom stereocenters. The van der Waals surface area contributed by atoms with E-state index in [9.17, 15) is 12.8 Å². The number of hydrogen-bond donors (Lipinski definition) is 0. The molecule has 0 unspecified atom stereocenters. The van der Waals surface area contributed by atoms with Crippen LogP contribution < -0.4 is 4.31 Å². The molecular weight excluding hydrogens is 371 g/mol. The molecule has 26 heavy (non-hydrogen) atoms. The van der Waals surface area contributed by atoms with Crippen LogP contribution in [0.5, 0.6) is 0 Å². The van der Waals surface area contributed by atoms with Gasteiger partial charge in [0.1, 0.15) is 5.82 Å². The van der Waals surface area contributed by atoms with E-state index in [1.165, 1.54) is 39.9 Å². The molecule has 7 heteroatoms. The minimum Gasteiger partial charge on any atom is -0.260 e. The second-order valence-electron chi connectivity index (χ2n) is 5.84. The maximum absolute atomic E-state index is 13.3. The van der Waals surface area contributed by atoms with Crippen LogP contribution in [0.4, 0.5) is 10.1 Å². The molecule has 0 spiro atoms. The van der Waals surface area contributed by atoms with Crippen LogP contribution in [0.3, 0.4) is 0 Å². The first kappa shape index (κ1) is 18.5. The van der Waals surface area contributed by atoms with E-state index in [4.69, 9.17) is 0 Å². The standard InChI is InChI=1S/C19H19FN2O2S2/c1-3-15-4-10-19(11-5-15)26(23,24)22(12-17-13-25-14(2)21-17)18-8-6-16(20)7-9-18/h4-11,13H,3,12H2,1-2H3. The molecule has 0 aliphatic rings. The molecule has 0 radical (unpaired) electrons. The van der Waals surface area contributed by atoms with Gasteiger partial charge in [-0.2, -0.15) is 0 Å². The zero-order valence-corrected chi connectivity index (χ0v) is 16.1. The molecule has 3 aromatic rings. The smallest absolute Gasteiger partial charge is 0.260 e. The maximum atomic E-state index is 13.3. The van der Waals surface area contributed by atoms with Gasteiger partial charge in [-0.05, 0) is 55.3 Å². The monoisotopic (exact) mass is 390 g/mol. The summed E-state index contributed by atoms with van der Waals surface area (Å²) in [4.78, 5) is 4.57. The van der Waals surface area contributed by atoms with Crippen LogP contribution in [0, 0.1) is 12.7 Å². The molecule has 3 rings (SSSR count). The van der Waals surface area contributed by atoms with Crippen molar-refractivity contribution in [2.24, 2.45) is 0 Å². The summed E-state index contributed by atoms with van der Waals surface area (Å²) >= 11 is 1.46. The van der Waals surface area contributed by atoms with Gasteiger partial charge in [0, 0.05) is 5.38 Å². The highest BCUT2D eigenvalue weighted by Crippen LogP contribution is 2.27. The first-order valence-electron chi connectivity index (χ1n) is 8.18. The van der Waals surface area contributed by atoms with Gasteiger partial charge in [0.15, 0.2) is 0 Å². The number of aromatic nitrogens is 1. The third kappa shape index (κ3) is 3.94. The summed E-state index contributed by atoms with van der Waals surface area (Å²) in [5.41, 5.74) is 2.12. The van der Waals surface area contributed by atoms with Crippen LogP contribution in [0.2, 0.25) is 0 Å². The van der Waals surface area contributed by atoms with Gasteiger partial charge in [0.25, 0.3) is 10.0 Å². The summed E-state index contributed by atoms with van der Waals surface area (Å²) in [6, 6.07) is 12.3. The van der Waals surface area contributed by atoms with Crippen molar-refractivity contribution in [1.82, 2.24) is 4.98 Å². The van der Waals surface area contributed by atoms with E-state index in [1.54, 1.807) is 12.1 Å². The normalized spacial score (nSPS) is 11.5. The SMILES string of the molecule is CCc1ccc(S(=O)(=O)N(Cc2csc(C)n2)c2ccc(F)cc2)cc1.